The van der Waals surface area contributed by atoms with Crippen LogP contribution in [0.25, 0.3) is 5.57 Å². The summed E-state index contributed by atoms with van der Waals surface area (Å²) in [6, 6.07) is 12.9. The lowest BCUT2D eigenvalue weighted by Crippen LogP contribution is -2.53. The van der Waals surface area contributed by atoms with Gasteiger partial charge in [0.15, 0.2) is 0 Å². The maximum Gasteiger partial charge on any atom is 0.410 e. The zero-order valence-corrected chi connectivity index (χ0v) is 21.8. The van der Waals surface area contributed by atoms with Gasteiger partial charge in [-0.05, 0) is 70.2 Å². The summed E-state index contributed by atoms with van der Waals surface area (Å²) in [7, 11) is 1.68. The molecule has 0 atom stereocenters. The van der Waals surface area contributed by atoms with Crippen molar-refractivity contribution in [3.05, 3.63) is 59.3 Å². The number of aryl methyl sites for hydroxylation is 1. The molecule has 1 aliphatic heterocycles. The second-order valence-corrected chi connectivity index (χ2v) is 11.7. The SMILES string of the molecule is COc1nc(/C(=C/C2CCCC2)c2ccc(SC3CN(C(=O)OC(C)(C)C)C3)cc2)ccc1C. The Morgan fingerprint density at radius 3 is 2.38 bits per heavy atom. The minimum Gasteiger partial charge on any atom is -0.481 e. The lowest BCUT2D eigenvalue weighted by atomic mass is 9.96. The van der Waals surface area contributed by atoms with E-state index in [-0.39, 0.29) is 6.09 Å². The molecule has 2 aromatic rings. The van der Waals surface area contributed by atoms with Gasteiger partial charge in [-0.25, -0.2) is 9.78 Å². The molecule has 2 heterocycles. The number of hydrogen-bond acceptors (Lipinski definition) is 5. The van der Waals surface area contributed by atoms with Gasteiger partial charge in [0.05, 0.1) is 12.8 Å². The highest BCUT2D eigenvalue weighted by molar-refractivity contribution is 8.00. The molecule has 0 bridgehead atoms. The molecule has 0 N–H and O–H groups in total. The van der Waals surface area contributed by atoms with E-state index in [0.717, 1.165) is 24.3 Å². The monoisotopic (exact) mass is 480 g/mol. The van der Waals surface area contributed by atoms with Gasteiger partial charge in [0.1, 0.15) is 5.60 Å². The smallest absolute Gasteiger partial charge is 0.410 e. The van der Waals surface area contributed by atoms with Crippen molar-refractivity contribution in [1.29, 1.82) is 0 Å². The van der Waals surface area contributed by atoms with Crippen molar-refractivity contribution in [2.45, 2.75) is 69.1 Å². The van der Waals surface area contributed by atoms with Crippen LogP contribution in [-0.2, 0) is 4.74 Å². The van der Waals surface area contributed by atoms with Crippen LogP contribution in [0.4, 0.5) is 4.79 Å². The minimum absolute atomic E-state index is 0.220. The van der Waals surface area contributed by atoms with Crippen LogP contribution < -0.4 is 4.74 Å². The lowest BCUT2D eigenvalue weighted by Gasteiger charge is -2.39. The fourth-order valence-electron chi connectivity index (χ4n) is 4.45. The number of methoxy groups -OCH3 is 1. The zero-order chi connectivity index (χ0) is 24.3. The Labute approximate surface area is 207 Å². The molecule has 182 valence electrons. The molecule has 5 nitrogen and oxygen atoms in total. The van der Waals surface area contributed by atoms with Gasteiger partial charge >= 0.3 is 6.09 Å². The Morgan fingerprint density at radius 2 is 1.76 bits per heavy atom. The first kappa shape index (κ1) is 24.6. The standard InChI is InChI=1S/C28H36N2O3S/c1-19-10-15-25(29-26(19)32-5)24(16-20-8-6-7-9-20)21-11-13-22(14-12-21)34-23-17-30(18-23)27(31)33-28(2,3)4/h10-16,20,23H,6-9,17-18H2,1-5H3/b24-16+. The first-order chi connectivity index (χ1) is 16.2. The second-order valence-electron chi connectivity index (χ2n) is 10.3. The third kappa shape index (κ3) is 6.15. The number of thioether (sulfide) groups is 1. The molecule has 1 saturated heterocycles. The van der Waals surface area contributed by atoms with Gasteiger partial charge in [-0.3, -0.25) is 0 Å². The number of likely N-dealkylation sites (tertiary alicyclic amines) is 1. The third-order valence-electron chi connectivity index (χ3n) is 6.29. The van der Waals surface area contributed by atoms with Crippen molar-refractivity contribution in [3.63, 3.8) is 0 Å². The number of carbonyl (C=O) groups excluding carboxylic acids is 1. The first-order valence-corrected chi connectivity index (χ1v) is 13.1. The number of carbonyl (C=O) groups is 1. The lowest BCUT2D eigenvalue weighted by molar-refractivity contribution is 0.0144. The Balaban J connectivity index is 1.45. The number of aromatic nitrogens is 1. The van der Waals surface area contributed by atoms with Crippen molar-refractivity contribution < 1.29 is 14.3 Å². The van der Waals surface area contributed by atoms with E-state index in [2.05, 4.69) is 42.5 Å². The fourth-order valence-corrected chi connectivity index (χ4v) is 5.64. The van der Waals surface area contributed by atoms with E-state index in [9.17, 15) is 4.79 Å². The van der Waals surface area contributed by atoms with Crippen molar-refractivity contribution in [2.75, 3.05) is 20.2 Å². The average molecular weight is 481 g/mol. The summed E-state index contributed by atoms with van der Waals surface area (Å²) in [5, 5.41) is 0.398. The molecule has 1 saturated carbocycles. The fraction of sp³-hybridized carbons (Fsp3) is 0.500. The van der Waals surface area contributed by atoms with Crippen LogP contribution in [0.15, 0.2) is 47.4 Å². The molecule has 4 rings (SSSR count). The van der Waals surface area contributed by atoms with Crippen LogP contribution >= 0.6 is 11.8 Å². The predicted octanol–water partition coefficient (Wildman–Crippen LogP) is 6.73. The molecule has 1 aromatic heterocycles. The van der Waals surface area contributed by atoms with Crippen LogP contribution in [0.2, 0.25) is 0 Å². The van der Waals surface area contributed by atoms with Gasteiger partial charge in [-0.1, -0.05) is 37.1 Å². The predicted molar refractivity (Wildman–Crippen MR) is 138 cm³/mol. The van der Waals surface area contributed by atoms with Crippen LogP contribution in [0.1, 0.15) is 63.3 Å². The van der Waals surface area contributed by atoms with Crippen LogP contribution in [0.5, 0.6) is 5.88 Å². The van der Waals surface area contributed by atoms with Gasteiger partial charge in [0.25, 0.3) is 0 Å². The van der Waals surface area contributed by atoms with E-state index >= 15 is 0 Å². The van der Waals surface area contributed by atoms with Crippen molar-refractivity contribution in [3.8, 4) is 5.88 Å². The number of amides is 1. The van der Waals surface area contributed by atoms with E-state index in [4.69, 9.17) is 14.5 Å². The van der Waals surface area contributed by atoms with Crippen LogP contribution in [-0.4, -0.2) is 47.0 Å². The largest absolute Gasteiger partial charge is 0.481 e. The molecular formula is C28H36N2O3S. The normalized spacial score (nSPS) is 17.6. The summed E-state index contributed by atoms with van der Waals surface area (Å²) in [6.07, 6.45) is 7.29. The molecule has 0 spiro atoms. The third-order valence-corrected chi connectivity index (χ3v) is 7.47. The number of benzene rings is 1. The molecule has 1 aromatic carbocycles. The van der Waals surface area contributed by atoms with Crippen molar-refractivity contribution >= 4 is 23.4 Å². The van der Waals surface area contributed by atoms with E-state index < -0.39 is 5.60 Å². The summed E-state index contributed by atoms with van der Waals surface area (Å²) in [4.78, 5) is 20.0. The molecule has 2 fully saturated rings. The molecule has 0 radical (unpaired) electrons. The Morgan fingerprint density at radius 1 is 1.09 bits per heavy atom. The number of allylic oxidation sites excluding steroid dienone is 1. The maximum absolute atomic E-state index is 12.2. The quantitative estimate of drug-likeness (QED) is 0.459. The van der Waals surface area contributed by atoms with Gasteiger partial charge in [-0.15, -0.1) is 11.8 Å². The Kier molecular flexibility index (Phi) is 7.56. The highest BCUT2D eigenvalue weighted by Crippen LogP contribution is 2.35. The number of ether oxygens (including phenoxy) is 2. The highest BCUT2D eigenvalue weighted by atomic mass is 32.2. The molecular weight excluding hydrogens is 444 g/mol. The number of hydrogen-bond donors (Lipinski definition) is 0. The number of nitrogens with zero attached hydrogens (tertiary/aromatic N) is 2. The molecule has 1 aliphatic carbocycles. The van der Waals surface area contributed by atoms with E-state index in [1.807, 2.05) is 39.5 Å². The molecule has 34 heavy (non-hydrogen) atoms. The minimum atomic E-state index is -0.453. The van der Waals surface area contributed by atoms with Gasteiger partial charge in [0.2, 0.25) is 5.88 Å². The molecule has 2 aliphatic rings. The van der Waals surface area contributed by atoms with Crippen LogP contribution in [0.3, 0.4) is 0 Å². The van der Waals surface area contributed by atoms with E-state index in [0.29, 0.717) is 17.0 Å². The van der Waals surface area contributed by atoms with Crippen LogP contribution in [0, 0.1) is 12.8 Å². The maximum atomic E-state index is 12.2. The summed E-state index contributed by atoms with van der Waals surface area (Å²) >= 11 is 1.82. The summed E-state index contributed by atoms with van der Waals surface area (Å²) in [5.41, 5.74) is 3.91. The summed E-state index contributed by atoms with van der Waals surface area (Å²) < 4.78 is 11.0. The number of pyridine rings is 1. The molecule has 6 heteroatoms. The van der Waals surface area contributed by atoms with Gasteiger partial charge in [-0.2, -0.15) is 0 Å². The van der Waals surface area contributed by atoms with Gasteiger partial charge < -0.3 is 14.4 Å². The zero-order valence-electron chi connectivity index (χ0n) is 21.0. The summed E-state index contributed by atoms with van der Waals surface area (Å²) in [6.45, 7) is 9.16. The molecule has 0 unspecified atom stereocenters. The Bertz CT molecular complexity index is 1030. The highest BCUT2D eigenvalue weighted by Gasteiger charge is 2.34. The van der Waals surface area contributed by atoms with Crippen molar-refractivity contribution in [2.24, 2.45) is 5.92 Å². The van der Waals surface area contributed by atoms with E-state index in [1.165, 1.54) is 41.7 Å². The number of rotatable bonds is 6. The van der Waals surface area contributed by atoms with Gasteiger partial charge in [0, 0.05) is 34.4 Å². The molecule has 1 amide bonds. The first-order valence-electron chi connectivity index (χ1n) is 12.2. The topological polar surface area (TPSA) is 51.7 Å². The van der Waals surface area contributed by atoms with E-state index in [1.54, 1.807) is 12.0 Å². The average Bonchev–Trinajstić information content (AvgIpc) is 3.27. The second kappa shape index (κ2) is 10.4. The van der Waals surface area contributed by atoms with Crippen molar-refractivity contribution in [1.82, 2.24) is 9.88 Å². The Hall–Kier alpha value is -2.47. The summed E-state index contributed by atoms with van der Waals surface area (Å²) in [5.74, 6) is 1.29.